The maximum atomic E-state index is 13.0. The van der Waals surface area contributed by atoms with Crippen LogP contribution in [0.4, 0.5) is 10.1 Å². The van der Waals surface area contributed by atoms with E-state index in [1.54, 1.807) is 12.1 Å². The fourth-order valence-corrected chi connectivity index (χ4v) is 3.79. The first kappa shape index (κ1) is 18.1. The average Bonchev–Trinajstić information content (AvgIpc) is 2.63. The number of hydrogen-bond acceptors (Lipinski definition) is 4. The van der Waals surface area contributed by atoms with E-state index in [1.807, 2.05) is 11.8 Å². The fraction of sp³-hybridized carbons (Fsp3) is 0.632. The van der Waals surface area contributed by atoms with Crippen LogP contribution in [0.15, 0.2) is 24.3 Å². The molecule has 0 saturated carbocycles. The average molecular weight is 349 g/mol. The summed E-state index contributed by atoms with van der Waals surface area (Å²) in [4.78, 5) is 18.9. The number of amides is 1. The lowest BCUT2D eigenvalue weighted by Crippen LogP contribution is -2.52. The molecule has 1 aromatic rings. The minimum absolute atomic E-state index is 0.171. The highest BCUT2D eigenvalue weighted by Gasteiger charge is 2.27. The van der Waals surface area contributed by atoms with Gasteiger partial charge in [0.1, 0.15) is 5.82 Å². The number of aliphatic hydroxyl groups excluding tert-OH is 1. The number of rotatable bonds is 4. The molecule has 0 aliphatic carbocycles. The van der Waals surface area contributed by atoms with Gasteiger partial charge in [0.05, 0.1) is 12.6 Å². The summed E-state index contributed by atoms with van der Waals surface area (Å²) in [6.45, 7) is 6.96. The molecule has 3 rings (SSSR count). The molecular formula is C19H28FN3O2. The number of piperidine rings is 1. The summed E-state index contributed by atoms with van der Waals surface area (Å²) in [7, 11) is 0. The molecule has 0 aromatic heterocycles. The first-order chi connectivity index (χ1) is 12.0. The van der Waals surface area contributed by atoms with E-state index in [1.165, 1.54) is 12.1 Å². The van der Waals surface area contributed by atoms with Crippen molar-refractivity contribution in [2.75, 3.05) is 50.7 Å². The second-order valence-electron chi connectivity index (χ2n) is 7.22. The second kappa shape index (κ2) is 8.15. The molecule has 1 N–H and O–H groups in total. The number of hydrogen-bond donors (Lipinski definition) is 1. The second-order valence-corrected chi connectivity index (χ2v) is 7.22. The Morgan fingerprint density at radius 2 is 1.88 bits per heavy atom. The number of anilines is 1. The molecule has 2 aliphatic heterocycles. The molecule has 2 fully saturated rings. The van der Waals surface area contributed by atoms with E-state index in [0.29, 0.717) is 19.6 Å². The van der Waals surface area contributed by atoms with Crippen LogP contribution in [0.3, 0.4) is 0 Å². The van der Waals surface area contributed by atoms with Crippen LogP contribution < -0.4 is 4.90 Å². The quantitative estimate of drug-likeness (QED) is 0.896. The van der Waals surface area contributed by atoms with Crippen LogP contribution in [0.25, 0.3) is 0 Å². The summed E-state index contributed by atoms with van der Waals surface area (Å²) in [5, 5.41) is 9.78. The lowest BCUT2D eigenvalue weighted by atomic mass is 9.93. The van der Waals surface area contributed by atoms with Crippen molar-refractivity contribution < 1.29 is 14.3 Å². The van der Waals surface area contributed by atoms with Gasteiger partial charge in [0.25, 0.3) is 0 Å². The van der Waals surface area contributed by atoms with Crippen LogP contribution in [-0.2, 0) is 4.79 Å². The van der Waals surface area contributed by atoms with Gasteiger partial charge in [-0.05, 0) is 56.5 Å². The lowest BCUT2D eigenvalue weighted by molar-refractivity contribution is -0.133. The van der Waals surface area contributed by atoms with Crippen molar-refractivity contribution in [1.82, 2.24) is 9.80 Å². The molecule has 2 atom stereocenters. The van der Waals surface area contributed by atoms with Gasteiger partial charge in [0.2, 0.25) is 5.91 Å². The zero-order chi connectivity index (χ0) is 17.8. The van der Waals surface area contributed by atoms with Crippen molar-refractivity contribution in [2.45, 2.75) is 25.9 Å². The number of likely N-dealkylation sites (tertiary alicyclic amines) is 1. The highest BCUT2D eigenvalue weighted by Crippen LogP contribution is 2.20. The molecule has 25 heavy (non-hydrogen) atoms. The number of carbonyl (C=O) groups is 1. The molecule has 0 radical (unpaired) electrons. The number of piperazine rings is 1. The lowest BCUT2D eigenvalue weighted by Gasteiger charge is -2.38. The fourth-order valence-electron chi connectivity index (χ4n) is 3.79. The van der Waals surface area contributed by atoms with Crippen molar-refractivity contribution in [3.8, 4) is 0 Å². The van der Waals surface area contributed by atoms with Gasteiger partial charge in [-0.2, -0.15) is 0 Å². The first-order valence-electron chi connectivity index (χ1n) is 9.21. The third-order valence-corrected chi connectivity index (χ3v) is 5.41. The van der Waals surface area contributed by atoms with Crippen LogP contribution in [0.2, 0.25) is 0 Å². The maximum absolute atomic E-state index is 13.0. The predicted octanol–water partition coefficient (Wildman–Crippen LogP) is 1.57. The Labute approximate surface area is 149 Å². The molecule has 6 heteroatoms. The summed E-state index contributed by atoms with van der Waals surface area (Å²) in [6.07, 6.45) is 1.78. The Bertz CT molecular complexity index is 571. The summed E-state index contributed by atoms with van der Waals surface area (Å²) < 4.78 is 13.0. The molecule has 2 heterocycles. The van der Waals surface area contributed by atoms with Crippen LogP contribution in [-0.4, -0.2) is 72.7 Å². The van der Waals surface area contributed by atoms with E-state index >= 15 is 0 Å². The van der Waals surface area contributed by atoms with Crippen LogP contribution in [0.5, 0.6) is 0 Å². The Morgan fingerprint density at radius 1 is 1.20 bits per heavy atom. The summed E-state index contributed by atoms with van der Waals surface area (Å²) >= 11 is 0. The molecule has 2 unspecified atom stereocenters. The molecule has 0 bridgehead atoms. The Morgan fingerprint density at radius 3 is 2.52 bits per heavy atom. The predicted molar refractivity (Wildman–Crippen MR) is 96.0 cm³/mol. The largest absolute Gasteiger partial charge is 0.393 e. The van der Waals surface area contributed by atoms with Gasteiger partial charge in [-0.25, -0.2) is 4.39 Å². The van der Waals surface area contributed by atoms with Gasteiger partial charge < -0.3 is 14.9 Å². The SMILES string of the molecule is CC(O)C1CCCN(CC(=O)N2CCN(c3ccc(F)cc3)CC2)C1. The highest BCUT2D eigenvalue weighted by molar-refractivity contribution is 5.78. The number of halogens is 1. The van der Waals surface area contributed by atoms with E-state index in [2.05, 4.69) is 9.80 Å². The number of carbonyl (C=O) groups excluding carboxylic acids is 1. The molecule has 5 nitrogen and oxygen atoms in total. The third kappa shape index (κ3) is 4.70. The molecule has 2 aliphatic rings. The van der Waals surface area contributed by atoms with Crippen LogP contribution >= 0.6 is 0 Å². The molecular weight excluding hydrogens is 321 g/mol. The van der Waals surface area contributed by atoms with Gasteiger partial charge in [0.15, 0.2) is 0 Å². The van der Waals surface area contributed by atoms with Crippen molar-refractivity contribution in [3.63, 3.8) is 0 Å². The first-order valence-corrected chi connectivity index (χ1v) is 9.21. The van der Waals surface area contributed by atoms with Gasteiger partial charge in [-0.1, -0.05) is 0 Å². The van der Waals surface area contributed by atoms with E-state index in [0.717, 1.165) is 44.7 Å². The normalized spacial score (nSPS) is 23.6. The number of nitrogens with zero attached hydrogens (tertiary/aromatic N) is 3. The van der Waals surface area contributed by atoms with E-state index in [4.69, 9.17) is 0 Å². The zero-order valence-corrected chi connectivity index (χ0v) is 14.9. The van der Waals surface area contributed by atoms with Gasteiger partial charge in [-0.3, -0.25) is 9.69 Å². The number of benzene rings is 1. The van der Waals surface area contributed by atoms with E-state index in [-0.39, 0.29) is 23.7 Å². The molecule has 138 valence electrons. The van der Waals surface area contributed by atoms with Crippen molar-refractivity contribution >= 4 is 11.6 Å². The summed E-state index contributed by atoms with van der Waals surface area (Å²) in [5.74, 6) is 0.219. The molecule has 2 saturated heterocycles. The van der Waals surface area contributed by atoms with Crippen molar-refractivity contribution in [1.29, 1.82) is 0 Å². The molecule has 1 aromatic carbocycles. The summed E-state index contributed by atoms with van der Waals surface area (Å²) in [6, 6.07) is 6.52. The Balaban J connectivity index is 1.47. The summed E-state index contributed by atoms with van der Waals surface area (Å²) in [5.41, 5.74) is 1.00. The van der Waals surface area contributed by atoms with Crippen LogP contribution in [0, 0.1) is 11.7 Å². The topological polar surface area (TPSA) is 47.0 Å². The number of aliphatic hydroxyl groups is 1. The van der Waals surface area contributed by atoms with Gasteiger partial charge in [0, 0.05) is 38.4 Å². The highest BCUT2D eigenvalue weighted by atomic mass is 19.1. The van der Waals surface area contributed by atoms with Crippen molar-refractivity contribution in [3.05, 3.63) is 30.1 Å². The van der Waals surface area contributed by atoms with Crippen molar-refractivity contribution in [2.24, 2.45) is 5.92 Å². The van der Waals surface area contributed by atoms with Gasteiger partial charge in [-0.15, -0.1) is 0 Å². The molecule has 0 spiro atoms. The van der Waals surface area contributed by atoms with E-state index < -0.39 is 0 Å². The minimum Gasteiger partial charge on any atom is -0.393 e. The zero-order valence-electron chi connectivity index (χ0n) is 14.9. The Hall–Kier alpha value is -1.66. The maximum Gasteiger partial charge on any atom is 0.236 e. The van der Waals surface area contributed by atoms with E-state index in [9.17, 15) is 14.3 Å². The van der Waals surface area contributed by atoms with Gasteiger partial charge >= 0.3 is 0 Å². The molecule has 1 amide bonds. The monoisotopic (exact) mass is 349 g/mol. The Kier molecular flexibility index (Phi) is 5.91. The third-order valence-electron chi connectivity index (χ3n) is 5.41. The standard InChI is InChI=1S/C19H28FN3O2/c1-15(24)16-3-2-8-21(13-16)14-19(25)23-11-9-22(10-12-23)18-6-4-17(20)5-7-18/h4-7,15-16,24H,2-3,8-14H2,1H3. The smallest absolute Gasteiger partial charge is 0.236 e. The minimum atomic E-state index is -0.308. The van der Waals surface area contributed by atoms with Crippen LogP contribution in [0.1, 0.15) is 19.8 Å².